The number of non-ortho nitro benzene ring substituents is 1. The van der Waals surface area contributed by atoms with Crippen LogP contribution >= 0.6 is 0 Å². The van der Waals surface area contributed by atoms with Gasteiger partial charge in [0, 0.05) is 11.8 Å². The zero-order valence-corrected chi connectivity index (χ0v) is 13.1. The molecule has 0 atom stereocenters. The molecule has 0 radical (unpaired) electrons. The normalized spacial score (nSPS) is 10.2. The molecule has 0 aliphatic rings. The maximum absolute atomic E-state index is 11.1. The summed E-state index contributed by atoms with van der Waals surface area (Å²) in [6, 6.07) is 10.5. The van der Waals surface area contributed by atoms with Crippen molar-refractivity contribution in [3.63, 3.8) is 0 Å². The van der Waals surface area contributed by atoms with E-state index < -0.39 is 9.85 Å². The van der Waals surface area contributed by atoms with E-state index in [-0.39, 0.29) is 17.1 Å². The fraction of sp³-hybridized carbons (Fsp3) is 0.250. The van der Waals surface area contributed by atoms with Gasteiger partial charge in [-0.25, -0.2) is 0 Å². The van der Waals surface area contributed by atoms with E-state index in [9.17, 15) is 20.2 Å². The number of benzene rings is 2. The number of hydrogen-bond donors (Lipinski definition) is 1. The van der Waals surface area contributed by atoms with Gasteiger partial charge in [0.1, 0.15) is 11.4 Å². The van der Waals surface area contributed by atoms with E-state index in [2.05, 4.69) is 12.2 Å². The van der Waals surface area contributed by atoms with Crippen LogP contribution in [-0.2, 0) is 0 Å². The Kier molecular flexibility index (Phi) is 5.67. The summed E-state index contributed by atoms with van der Waals surface area (Å²) in [4.78, 5) is 20.5. The molecule has 0 bridgehead atoms. The first-order chi connectivity index (χ1) is 11.5. The van der Waals surface area contributed by atoms with Gasteiger partial charge in [0.05, 0.1) is 22.5 Å². The molecule has 0 saturated carbocycles. The molecular formula is C16H17N3O5. The largest absolute Gasteiger partial charge is 0.494 e. The third-order valence-corrected chi connectivity index (χ3v) is 3.29. The Morgan fingerprint density at radius 1 is 1.04 bits per heavy atom. The third-order valence-electron chi connectivity index (χ3n) is 3.29. The van der Waals surface area contributed by atoms with Crippen LogP contribution in [0, 0.1) is 20.2 Å². The molecule has 24 heavy (non-hydrogen) atoms. The standard InChI is InChI=1S/C16H17N3O5/c1-2-3-10-24-14-7-4-12(5-8-14)17-15-9-6-13(18(20)21)11-16(15)19(22)23/h4-9,11,17H,2-3,10H2,1H3. The van der Waals surface area contributed by atoms with Crippen LogP contribution in [0.3, 0.4) is 0 Å². The Hall–Kier alpha value is -3.16. The summed E-state index contributed by atoms with van der Waals surface area (Å²) in [5.74, 6) is 0.715. The van der Waals surface area contributed by atoms with Crippen molar-refractivity contribution in [2.75, 3.05) is 11.9 Å². The summed E-state index contributed by atoms with van der Waals surface area (Å²) in [5.41, 5.74) is 0.124. The Bertz CT molecular complexity index is 731. The van der Waals surface area contributed by atoms with Crippen molar-refractivity contribution in [1.29, 1.82) is 0 Å². The molecule has 126 valence electrons. The second-order valence-electron chi connectivity index (χ2n) is 5.07. The first kappa shape index (κ1) is 17.2. The molecule has 2 aromatic rings. The van der Waals surface area contributed by atoms with Crippen LogP contribution in [0.4, 0.5) is 22.7 Å². The maximum atomic E-state index is 11.1. The Morgan fingerprint density at radius 3 is 2.33 bits per heavy atom. The fourth-order valence-corrected chi connectivity index (χ4v) is 2.01. The van der Waals surface area contributed by atoms with Crippen LogP contribution in [0.2, 0.25) is 0 Å². The lowest BCUT2D eigenvalue weighted by atomic mass is 10.2. The molecule has 2 rings (SSSR count). The number of nitrogens with one attached hydrogen (secondary N) is 1. The van der Waals surface area contributed by atoms with Gasteiger partial charge in [0.15, 0.2) is 0 Å². The highest BCUT2D eigenvalue weighted by molar-refractivity contribution is 5.71. The van der Waals surface area contributed by atoms with E-state index >= 15 is 0 Å². The van der Waals surface area contributed by atoms with Crippen molar-refractivity contribution in [2.45, 2.75) is 19.8 Å². The highest BCUT2D eigenvalue weighted by atomic mass is 16.6. The first-order valence-electron chi connectivity index (χ1n) is 7.44. The highest BCUT2D eigenvalue weighted by Gasteiger charge is 2.19. The smallest absolute Gasteiger partial charge is 0.299 e. The molecule has 8 nitrogen and oxygen atoms in total. The van der Waals surface area contributed by atoms with Crippen molar-refractivity contribution in [2.24, 2.45) is 0 Å². The number of anilines is 2. The maximum Gasteiger partial charge on any atom is 0.299 e. The van der Waals surface area contributed by atoms with E-state index in [1.807, 2.05) is 0 Å². The average molecular weight is 331 g/mol. The minimum atomic E-state index is -0.667. The van der Waals surface area contributed by atoms with Crippen LogP contribution in [0.25, 0.3) is 0 Å². The summed E-state index contributed by atoms with van der Waals surface area (Å²) in [6.45, 7) is 2.71. The highest BCUT2D eigenvalue weighted by Crippen LogP contribution is 2.31. The molecule has 0 aliphatic carbocycles. The van der Waals surface area contributed by atoms with E-state index in [0.717, 1.165) is 18.9 Å². The van der Waals surface area contributed by atoms with Gasteiger partial charge >= 0.3 is 0 Å². The second kappa shape index (κ2) is 7.91. The summed E-state index contributed by atoms with van der Waals surface area (Å²) in [7, 11) is 0. The number of nitrogens with zero attached hydrogens (tertiary/aromatic N) is 2. The third kappa shape index (κ3) is 4.42. The fourth-order valence-electron chi connectivity index (χ4n) is 2.01. The quantitative estimate of drug-likeness (QED) is 0.435. The van der Waals surface area contributed by atoms with Crippen LogP contribution in [0.1, 0.15) is 19.8 Å². The van der Waals surface area contributed by atoms with Crippen molar-refractivity contribution < 1.29 is 14.6 Å². The molecule has 0 aliphatic heterocycles. The number of ether oxygens (including phenoxy) is 1. The number of unbranched alkanes of at least 4 members (excludes halogenated alkanes) is 1. The van der Waals surface area contributed by atoms with Gasteiger partial charge in [-0.1, -0.05) is 13.3 Å². The van der Waals surface area contributed by atoms with Crippen LogP contribution in [-0.4, -0.2) is 16.5 Å². The Labute approximate surface area is 138 Å². The Morgan fingerprint density at radius 2 is 1.75 bits per heavy atom. The van der Waals surface area contributed by atoms with E-state index in [0.29, 0.717) is 18.0 Å². The molecule has 0 unspecified atom stereocenters. The molecule has 8 heteroatoms. The van der Waals surface area contributed by atoms with Gasteiger partial charge in [-0.05, 0) is 36.8 Å². The van der Waals surface area contributed by atoms with Gasteiger partial charge in [-0.15, -0.1) is 0 Å². The molecule has 1 N–H and O–H groups in total. The number of rotatable bonds is 8. The Balaban J connectivity index is 2.15. The lowest BCUT2D eigenvalue weighted by Gasteiger charge is -2.09. The SMILES string of the molecule is CCCCOc1ccc(Nc2ccc([N+](=O)[O-])cc2[N+](=O)[O-])cc1. The van der Waals surface area contributed by atoms with Crippen LogP contribution in [0.15, 0.2) is 42.5 Å². The van der Waals surface area contributed by atoms with Gasteiger partial charge in [0.2, 0.25) is 0 Å². The van der Waals surface area contributed by atoms with Crippen LogP contribution in [0.5, 0.6) is 5.75 Å². The zero-order chi connectivity index (χ0) is 17.5. The molecule has 0 heterocycles. The number of hydrogen-bond acceptors (Lipinski definition) is 6. The molecule has 0 amide bonds. The average Bonchev–Trinajstić information content (AvgIpc) is 2.56. The van der Waals surface area contributed by atoms with Crippen molar-refractivity contribution in [3.05, 3.63) is 62.7 Å². The first-order valence-corrected chi connectivity index (χ1v) is 7.44. The molecule has 2 aromatic carbocycles. The molecule has 0 fully saturated rings. The lowest BCUT2D eigenvalue weighted by Crippen LogP contribution is -1.99. The van der Waals surface area contributed by atoms with Crippen molar-refractivity contribution in [3.8, 4) is 5.75 Å². The van der Waals surface area contributed by atoms with Crippen molar-refractivity contribution in [1.82, 2.24) is 0 Å². The summed E-state index contributed by atoms with van der Waals surface area (Å²) < 4.78 is 5.54. The molecule has 0 saturated heterocycles. The molecular weight excluding hydrogens is 314 g/mol. The zero-order valence-electron chi connectivity index (χ0n) is 13.1. The van der Waals surface area contributed by atoms with E-state index in [4.69, 9.17) is 4.74 Å². The van der Waals surface area contributed by atoms with Gasteiger partial charge < -0.3 is 10.1 Å². The lowest BCUT2D eigenvalue weighted by molar-refractivity contribution is -0.393. The van der Waals surface area contributed by atoms with Crippen LogP contribution < -0.4 is 10.1 Å². The summed E-state index contributed by atoms with van der Waals surface area (Å²) in [6.07, 6.45) is 2.01. The van der Waals surface area contributed by atoms with Gasteiger partial charge in [-0.2, -0.15) is 0 Å². The summed E-state index contributed by atoms with van der Waals surface area (Å²) in [5, 5.41) is 24.7. The monoisotopic (exact) mass is 331 g/mol. The van der Waals surface area contributed by atoms with E-state index in [1.54, 1.807) is 24.3 Å². The minimum Gasteiger partial charge on any atom is -0.494 e. The van der Waals surface area contributed by atoms with Crippen molar-refractivity contribution >= 4 is 22.7 Å². The van der Waals surface area contributed by atoms with Gasteiger partial charge in [-0.3, -0.25) is 20.2 Å². The van der Waals surface area contributed by atoms with Gasteiger partial charge in [0.25, 0.3) is 11.4 Å². The predicted molar refractivity (Wildman–Crippen MR) is 89.9 cm³/mol. The topological polar surface area (TPSA) is 108 Å². The van der Waals surface area contributed by atoms with E-state index in [1.165, 1.54) is 12.1 Å². The minimum absolute atomic E-state index is 0.185. The predicted octanol–water partition coefficient (Wildman–Crippen LogP) is 4.43. The second-order valence-corrected chi connectivity index (χ2v) is 5.07. The molecule has 0 aromatic heterocycles. The summed E-state index contributed by atoms with van der Waals surface area (Å²) >= 11 is 0. The number of nitro benzene ring substituents is 2. The molecule has 0 spiro atoms. The number of nitro groups is 2.